The standard InChI is InChI=1S/C25H34N2O5/c1-15(2)19-12-20(23(29)13-22(19)28)24(30)27(4)14-18-7-5-6-17(11-18)9-8-16(3)10-21(26)25(31)32/h5-7,11-13,15-16,21,28-29H,8-10,14,26H2,1-4H3,(H,31,32)/t16?,21-/m0/s1. The molecule has 0 aromatic heterocycles. The molecule has 7 heteroatoms. The molecule has 0 aliphatic carbocycles. The molecule has 7 nitrogen and oxygen atoms in total. The lowest BCUT2D eigenvalue weighted by Crippen LogP contribution is -2.31. The highest BCUT2D eigenvalue weighted by Crippen LogP contribution is 2.33. The summed E-state index contributed by atoms with van der Waals surface area (Å²) in [5.74, 6) is -1.38. The van der Waals surface area contributed by atoms with Crippen LogP contribution in [0.4, 0.5) is 0 Å². The Balaban J connectivity index is 2.05. The molecule has 0 bridgehead atoms. The lowest BCUT2D eigenvalue weighted by atomic mass is 9.94. The molecular formula is C25H34N2O5. The zero-order chi connectivity index (χ0) is 24.0. The first-order valence-corrected chi connectivity index (χ1v) is 10.9. The Morgan fingerprint density at radius 3 is 2.31 bits per heavy atom. The molecule has 174 valence electrons. The number of carbonyl (C=O) groups excluding carboxylic acids is 1. The summed E-state index contributed by atoms with van der Waals surface area (Å²) in [6, 6.07) is 9.84. The van der Waals surface area contributed by atoms with Crippen LogP contribution in [0.25, 0.3) is 0 Å². The first-order valence-electron chi connectivity index (χ1n) is 10.9. The van der Waals surface area contributed by atoms with Gasteiger partial charge in [-0.05, 0) is 53.9 Å². The van der Waals surface area contributed by atoms with Gasteiger partial charge in [0, 0.05) is 19.7 Å². The van der Waals surface area contributed by atoms with Crippen molar-refractivity contribution in [1.29, 1.82) is 0 Å². The molecule has 2 aromatic carbocycles. The highest BCUT2D eigenvalue weighted by Gasteiger charge is 2.20. The van der Waals surface area contributed by atoms with Gasteiger partial charge in [-0.2, -0.15) is 0 Å². The number of phenols is 2. The third-order valence-corrected chi connectivity index (χ3v) is 5.65. The molecule has 0 spiro atoms. The first kappa shape index (κ1) is 25.2. The van der Waals surface area contributed by atoms with Crippen LogP contribution in [0.15, 0.2) is 36.4 Å². The molecule has 0 aliphatic heterocycles. The van der Waals surface area contributed by atoms with E-state index in [0.29, 0.717) is 18.5 Å². The number of carbonyl (C=O) groups is 2. The number of phenolic OH excluding ortho intramolecular Hbond substituents is 2. The van der Waals surface area contributed by atoms with E-state index in [2.05, 4.69) is 0 Å². The monoisotopic (exact) mass is 442 g/mol. The molecule has 32 heavy (non-hydrogen) atoms. The van der Waals surface area contributed by atoms with Crippen LogP contribution in [0, 0.1) is 5.92 Å². The predicted molar refractivity (Wildman–Crippen MR) is 124 cm³/mol. The lowest BCUT2D eigenvalue weighted by Gasteiger charge is -2.20. The lowest BCUT2D eigenvalue weighted by molar-refractivity contribution is -0.138. The van der Waals surface area contributed by atoms with Crippen LogP contribution in [0.1, 0.15) is 66.6 Å². The molecule has 0 saturated carbocycles. The van der Waals surface area contributed by atoms with Gasteiger partial charge in [-0.1, -0.05) is 45.0 Å². The number of benzene rings is 2. The number of hydrogen-bond donors (Lipinski definition) is 4. The summed E-state index contributed by atoms with van der Waals surface area (Å²) in [5, 5.41) is 29.2. The fourth-order valence-corrected chi connectivity index (χ4v) is 3.73. The topological polar surface area (TPSA) is 124 Å². The molecule has 2 atom stereocenters. The van der Waals surface area contributed by atoms with Crippen LogP contribution in [-0.2, 0) is 17.8 Å². The molecule has 2 aromatic rings. The van der Waals surface area contributed by atoms with E-state index in [4.69, 9.17) is 10.8 Å². The van der Waals surface area contributed by atoms with E-state index < -0.39 is 12.0 Å². The van der Waals surface area contributed by atoms with Gasteiger partial charge in [0.1, 0.15) is 17.5 Å². The molecule has 0 radical (unpaired) electrons. The maximum Gasteiger partial charge on any atom is 0.320 e. The van der Waals surface area contributed by atoms with Crippen molar-refractivity contribution in [2.75, 3.05) is 7.05 Å². The van der Waals surface area contributed by atoms with E-state index in [0.717, 1.165) is 24.0 Å². The van der Waals surface area contributed by atoms with Crippen LogP contribution < -0.4 is 5.73 Å². The second-order valence-corrected chi connectivity index (χ2v) is 8.89. The highest BCUT2D eigenvalue weighted by atomic mass is 16.4. The van der Waals surface area contributed by atoms with Crippen molar-refractivity contribution < 1.29 is 24.9 Å². The summed E-state index contributed by atoms with van der Waals surface area (Å²) in [4.78, 5) is 25.4. The highest BCUT2D eigenvalue weighted by molar-refractivity contribution is 5.97. The van der Waals surface area contributed by atoms with Crippen LogP contribution in [0.3, 0.4) is 0 Å². The minimum Gasteiger partial charge on any atom is -0.508 e. The number of hydrogen-bond acceptors (Lipinski definition) is 5. The van der Waals surface area contributed by atoms with E-state index in [9.17, 15) is 19.8 Å². The normalized spacial score (nSPS) is 13.1. The molecule has 5 N–H and O–H groups in total. The fourth-order valence-electron chi connectivity index (χ4n) is 3.73. The third kappa shape index (κ3) is 6.72. The summed E-state index contributed by atoms with van der Waals surface area (Å²) in [7, 11) is 1.67. The number of rotatable bonds is 10. The van der Waals surface area contributed by atoms with Crippen molar-refractivity contribution in [3.63, 3.8) is 0 Å². The molecule has 0 fully saturated rings. The number of aryl methyl sites for hydroxylation is 1. The largest absolute Gasteiger partial charge is 0.508 e. The van der Waals surface area contributed by atoms with E-state index in [1.165, 1.54) is 11.0 Å². The SMILES string of the molecule is CC(CCc1cccc(CN(C)C(=O)c2cc(C(C)C)c(O)cc2O)c1)C[C@H](N)C(=O)O. The van der Waals surface area contributed by atoms with Gasteiger partial charge in [0.2, 0.25) is 0 Å². The van der Waals surface area contributed by atoms with Crippen LogP contribution in [-0.4, -0.2) is 45.2 Å². The van der Waals surface area contributed by atoms with Gasteiger partial charge >= 0.3 is 5.97 Å². The third-order valence-electron chi connectivity index (χ3n) is 5.65. The summed E-state index contributed by atoms with van der Waals surface area (Å²) in [6.07, 6.45) is 2.04. The number of aliphatic carboxylic acids is 1. The number of carboxylic acids is 1. The summed E-state index contributed by atoms with van der Waals surface area (Å²) in [5.41, 5.74) is 8.45. The van der Waals surface area contributed by atoms with Crippen molar-refractivity contribution >= 4 is 11.9 Å². The molecule has 1 amide bonds. The number of amides is 1. The van der Waals surface area contributed by atoms with Crippen LogP contribution in [0.2, 0.25) is 0 Å². The Kier molecular flexibility index (Phi) is 8.66. The van der Waals surface area contributed by atoms with Crippen molar-refractivity contribution in [3.05, 3.63) is 58.7 Å². The maximum absolute atomic E-state index is 12.9. The molecule has 0 heterocycles. The number of aromatic hydroxyl groups is 2. The van der Waals surface area contributed by atoms with E-state index in [-0.39, 0.29) is 34.8 Å². The Morgan fingerprint density at radius 2 is 1.69 bits per heavy atom. The fraction of sp³-hybridized carbons (Fsp3) is 0.440. The van der Waals surface area contributed by atoms with Crippen molar-refractivity contribution in [2.45, 2.75) is 58.5 Å². The van der Waals surface area contributed by atoms with Gasteiger partial charge in [0.15, 0.2) is 0 Å². The molecule has 0 aliphatic rings. The number of carboxylic acid groups (broad SMARTS) is 1. The van der Waals surface area contributed by atoms with Gasteiger partial charge in [-0.3, -0.25) is 9.59 Å². The average molecular weight is 443 g/mol. The van der Waals surface area contributed by atoms with Crippen molar-refractivity contribution in [1.82, 2.24) is 4.90 Å². The van der Waals surface area contributed by atoms with Gasteiger partial charge < -0.3 is 26.0 Å². The first-order chi connectivity index (χ1) is 15.0. The number of nitrogens with zero attached hydrogens (tertiary/aromatic N) is 1. The van der Waals surface area contributed by atoms with E-state index in [1.807, 2.05) is 45.0 Å². The van der Waals surface area contributed by atoms with Gasteiger partial charge in [0.25, 0.3) is 5.91 Å². The zero-order valence-corrected chi connectivity index (χ0v) is 19.2. The molecular weight excluding hydrogens is 408 g/mol. The molecule has 1 unspecified atom stereocenters. The van der Waals surface area contributed by atoms with Crippen LogP contribution in [0.5, 0.6) is 11.5 Å². The van der Waals surface area contributed by atoms with E-state index >= 15 is 0 Å². The Hall–Kier alpha value is -3.06. The quantitative estimate of drug-likeness (QED) is 0.443. The zero-order valence-electron chi connectivity index (χ0n) is 19.2. The van der Waals surface area contributed by atoms with Gasteiger partial charge in [-0.15, -0.1) is 0 Å². The Morgan fingerprint density at radius 1 is 1.03 bits per heavy atom. The van der Waals surface area contributed by atoms with E-state index in [1.54, 1.807) is 13.1 Å². The molecule has 0 saturated heterocycles. The van der Waals surface area contributed by atoms with Gasteiger partial charge in [0.05, 0.1) is 5.56 Å². The number of nitrogens with two attached hydrogens (primary N) is 1. The second kappa shape index (κ2) is 11.0. The Bertz CT molecular complexity index is 957. The second-order valence-electron chi connectivity index (χ2n) is 8.89. The van der Waals surface area contributed by atoms with Gasteiger partial charge in [-0.25, -0.2) is 0 Å². The summed E-state index contributed by atoms with van der Waals surface area (Å²) < 4.78 is 0. The van der Waals surface area contributed by atoms with Crippen molar-refractivity contribution in [2.24, 2.45) is 11.7 Å². The average Bonchev–Trinajstić information content (AvgIpc) is 2.71. The predicted octanol–water partition coefficient (Wildman–Crippen LogP) is 3.86. The minimum absolute atomic E-state index is 0.0107. The smallest absolute Gasteiger partial charge is 0.320 e. The van der Waals surface area contributed by atoms with Crippen molar-refractivity contribution in [3.8, 4) is 11.5 Å². The maximum atomic E-state index is 12.9. The minimum atomic E-state index is -0.980. The summed E-state index contributed by atoms with van der Waals surface area (Å²) >= 11 is 0. The van der Waals surface area contributed by atoms with Crippen LogP contribution >= 0.6 is 0 Å². The Labute approximate surface area is 189 Å². The summed E-state index contributed by atoms with van der Waals surface area (Å²) in [6.45, 7) is 6.18. The molecule has 2 rings (SSSR count).